The summed E-state index contributed by atoms with van der Waals surface area (Å²) in [5.74, 6) is -0.0335. The first-order valence-corrected chi connectivity index (χ1v) is 8.45. The smallest absolute Gasteiger partial charge is 0.256 e. The van der Waals surface area contributed by atoms with Crippen LogP contribution in [0.4, 0.5) is 5.69 Å². The number of halogens is 1. The summed E-state index contributed by atoms with van der Waals surface area (Å²) in [5.41, 5.74) is 7.49. The van der Waals surface area contributed by atoms with Gasteiger partial charge in [0.25, 0.3) is 5.91 Å². The second-order valence-electron chi connectivity index (χ2n) is 6.12. The third kappa shape index (κ3) is 2.22. The molecular weight excluding hydrogens is 340 g/mol. The number of H-pyrrole nitrogens is 1. The minimum atomic E-state index is -0.0335. The van der Waals surface area contributed by atoms with Crippen molar-refractivity contribution in [2.45, 2.75) is 32.6 Å². The van der Waals surface area contributed by atoms with E-state index in [0.29, 0.717) is 0 Å². The Bertz CT molecular complexity index is 793. The second-order valence-corrected chi connectivity index (χ2v) is 6.97. The first kappa shape index (κ1) is 13.8. The summed E-state index contributed by atoms with van der Waals surface area (Å²) >= 11 is 3.54. The molecule has 2 heterocycles. The van der Waals surface area contributed by atoms with Crippen LogP contribution < -0.4 is 5.32 Å². The molecule has 1 aromatic heterocycles. The summed E-state index contributed by atoms with van der Waals surface area (Å²) in [6.07, 6.45) is 6.75. The van der Waals surface area contributed by atoms with Crippen molar-refractivity contribution in [3.63, 3.8) is 0 Å². The topological polar surface area (TPSA) is 44.9 Å². The molecule has 0 atom stereocenters. The van der Waals surface area contributed by atoms with E-state index in [2.05, 4.69) is 38.4 Å². The van der Waals surface area contributed by atoms with Crippen molar-refractivity contribution in [2.24, 2.45) is 0 Å². The number of carbonyl (C=O) groups is 1. The Hall–Kier alpha value is -1.81. The molecular formula is C18H17BrN2O. The van der Waals surface area contributed by atoms with Gasteiger partial charge in [-0.15, -0.1) is 0 Å². The van der Waals surface area contributed by atoms with Crippen LogP contribution >= 0.6 is 15.9 Å². The number of anilines is 1. The van der Waals surface area contributed by atoms with Crippen LogP contribution in [-0.2, 0) is 17.6 Å². The molecule has 0 bridgehead atoms. The van der Waals surface area contributed by atoms with E-state index in [1.54, 1.807) is 0 Å². The minimum Gasteiger partial charge on any atom is -0.359 e. The van der Waals surface area contributed by atoms with Crippen LogP contribution in [0.5, 0.6) is 0 Å². The van der Waals surface area contributed by atoms with Crippen molar-refractivity contribution in [1.82, 2.24) is 4.98 Å². The largest absolute Gasteiger partial charge is 0.359 e. The highest BCUT2D eigenvalue weighted by Gasteiger charge is 2.26. The quantitative estimate of drug-likeness (QED) is 0.728. The standard InChI is InChI=1S/C18H17BrN2O/c1-10-6-13-14(18(22)21-17(13)15(19)7-10)9-12-8-11-4-2-3-5-16(11)20-12/h6-9,20H,2-5H2,1H3,(H,21,22)/b14-9-. The first-order chi connectivity index (χ1) is 10.6. The Morgan fingerprint density at radius 3 is 2.82 bits per heavy atom. The third-order valence-corrected chi connectivity index (χ3v) is 5.07. The van der Waals surface area contributed by atoms with Gasteiger partial charge in [0.05, 0.1) is 11.3 Å². The first-order valence-electron chi connectivity index (χ1n) is 7.66. The summed E-state index contributed by atoms with van der Waals surface area (Å²) in [6, 6.07) is 6.28. The lowest BCUT2D eigenvalue weighted by Crippen LogP contribution is -2.03. The van der Waals surface area contributed by atoms with Gasteiger partial charge in [-0.1, -0.05) is 0 Å². The molecule has 4 heteroatoms. The van der Waals surface area contributed by atoms with Gasteiger partial charge in [-0.05, 0) is 83.9 Å². The number of aromatic nitrogens is 1. The maximum atomic E-state index is 12.3. The number of aryl methyl sites for hydroxylation is 3. The zero-order valence-corrected chi connectivity index (χ0v) is 14.0. The Kier molecular flexibility index (Phi) is 3.22. The van der Waals surface area contributed by atoms with Crippen molar-refractivity contribution in [2.75, 3.05) is 5.32 Å². The minimum absolute atomic E-state index is 0.0335. The fraction of sp³-hybridized carbons (Fsp3) is 0.278. The van der Waals surface area contributed by atoms with Crippen molar-refractivity contribution >= 4 is 39.2 Å². The average Bonchev–Trinajstić information content (AvgIpc) is 3.02. The molecule has 2 aromatic rings. The third-order valence-electron chi connectivity index (χ3n) is 4.44. The van der Waals surface area contributed by atoms with Crippen molar-refractivity contribution in [3.05, 3.63) is 50.8 Å². The monoisotopic (exact) mass is 356 g/mol. The van der Waals surface area contributed by atoms with Gasteiger partial charge in [-0.25, -0.2) is 0 Å². The zero-order valence-electron chi connectivity index (χ0n) is 12.4. The molecule has 22 heavy (non-hydrogen) atoms. The number of amides is 1. The Balaban J connectivity index is 1.80. The molecule has 1 amide bonds. The van der Waals surface area contributed by atoms with Crippen LogP contribution in [0, 0.1) is 6.92 Å². The van der Waals surface area contributed by atoms with E-state index in [1.807, 2.05) is 19.1 Å². The van der Waals surface area contributed by atoms with E-state index in [-0.39, 0.29) is 5.91 Å². The highest BCUT2D eigenvalue weighted by molar-refractivity contribution is 9.10. The van der Waals surface area contributed by atoms with E-state index in [9.17, 15) is 4.79 Å². The predicted molar refractivity (Wildman–Crippen MR) is 92.8 cm³/mol. The molecule has 1 aromatic carbocycles. The lowest BCUT2D eigenvalue weighted by molar-refractivity contribution is -0.110. The lowest BCUT2D eigenvalue weighted by Gasteiger charge is -2.08. The van der Waals surface area contributed by atoms with Gasteiger partial charge in [0, 0.05) is 21.4 Å². The van der Waals surface area contributed by atoms with E-state index in [0.717, 1.165) is 45.4 Å². The van der Waals surface area contributed by atoms with E-state index in [1.165, 1.54) is 24.1 Å². The van der Waals surface area contributed by atoms with Gasteiger partial charge >= 0.3 is 0 Å². The number of hydrogen-bond donors (Lipinski definition) is 2. The number of nitrogens with one attached hydrogen (secondary N) is 2. The molecule has 1 aliphatic heterocycles. The van der Waals surface area contributed by atoms with Crippen LogP contribution in [0.15, 0.2) is 22.7 Å². The molecule has 2 aliphatic rings. The maximum Gasteiger partial charge on any atom is 0.256 e. The highest BCUT2D eigenvalue weighted by atomic mass is 79.9. The van der Waals surface area contributed by atoms with Crippen LogP contribution in [0.2, 0.25) is 0 Å². The van der Waals surface area contributed by atoms with Gasteiger partial charge in [0.2, 0.25) is 0 Å². The highest BCUT2D eigenvalue weighted by Crippen LogP contribution is 2.39. The van der Waals surface area contributed by atoms with Crippen molar-refractivity contribution in [1.29, 1.82) is 0 Å². The van der Waals surface area contributed by atoms with Crippen LogP contribution in [0.3, 0.4) is 0 Å². The molecule has 0 spiro atoms. The normalized spacial score (nSPS) is 18.3. The number of aromatic amines is 1. The molecule has 0 saturated carbocycles. The number of rotatable bonds is 1. The molecule has 4 rings (SSSR count). The SMILES string of the molecule is Cc1cc(Br)c2c(c1)/C(=C/c1cc3c([nH]1)CCCC3)C(=O)N2. The van der Waals surface area contributed by atoms with Gasteiger partial charge in [-0.3, -0.25) is 4.79 Å². The summed E-state index contributed by atoms with van der Waals surface area (Å²) in [6.45, 7) is 2.04. The van der Waals surface area contributed by atoms with Gasteiger partial charge in [0.1, 0.15) is 0 Å². The lowest BCUT2D eigenvalue weighted by atomic mass is 9.98. The second kappa shape index (κ2) is 5.13. The van der Waals surface area contributed by atoms with Gasteiger partial charge in [0.15, 0.2) is 0 Å². The summed E-state index contributed by atoms with van der Waals surface area (Å²) in [5, 5.41) is 2.96. The Labute approximate surface area is 137 Å². The van der Waals surface area contributed by atoms with Gasteiger partial charge < -0.3 is 10.3 Å². The fourth-order valence-electron chi connectivity index (χ4n) is 3.39. The van der Waals surface area contributed by atoms with Gasteiger partial charge in [-0.2, -0.15) is 0 Å². The number of fused-ring (bicyclic) bond motifs is 2. The van der Waals surface area contributed by atoms with Crippen LogP contribution in [0.1, 0.15) is 40.9 Å². The molecule has 2 N–H and O–H groups in total. The number of carbonyl (C=O) groups excluding carboxylic acids is 1. The summed E-state index contributed by atoms with van der Waals surface area (Å²) in [7, 11) is 0. The van der Waals surface area contributed by atoms with Crippen LogP contribution in [0.25, 0.3) is 11.6 Å². The maximum absolute atomic E-state index is 12.3. The molecule has 1 aliphatic carbocycles. The molecule has 0 unspecified atom stereocenters. The van der Waals surface area contributed by atoms with Crippen LogP contribution in [-0.4, -0.2) is 10.9 Å². The molecule has 112 valence electrons. The molecule has 3 nitrogen and oxygen atoms in total. The zero-order chi connectivity index (χ0) is 15.3. The molecule has 0 fully saturated rings. The molecule has 0 saturated heterocycles. The Morgan fingerprint density at radius 1 is 1.18 bits per heavy atom. The summed E-state index contributed by atoms with van der Waals surface area (Å²) < 4.78 is 0.935. The Morgan fingerprint density at radius 2 is 2.00 bits per heavy atom. The number of hydrogen-bond acceptors (Lipinski definition) is 1. The van der Waals surface area contributed by atoms with Crippen molar-refractivity contribution < 1.29 is 4.79 Å². The average molecular weight is 357 g/mol. The van der Waals surface area contributed by atoms with E-state index < -0.39 is 0 Å². The predicted octanol–water partition coefficient (Wildman–Crippen LogP) is 4.46. The van der Waals surface area contributed by atoms with Crippen molar-refractivity contribution in [3.8, 4) is 0 Å². The number of benzene rings is 1. The fourth-order valence-corrected chi connectivity index (χ4v) is 4.06. The summed E-state index contributed by atoms with van der Waals surface area (Å²) in [4.78, 5) is 15.8. The van der Waals surface area contributed by atoms with E-state index >= 15 is 0 Å². The van der Waals surface area contributed by atoms with E-state index in [4.69, 9.17) is 0 Å². The molecule has 0 radical (unpaired) electrons.